The first-order chi connectivity index (χ1) is 16.5. The molecule has 0 spiro atoms. The third-order valence-corrected chi connectivity index (χ3v) is 4.89. The summed E-state index contributed by atoms with van der Waals surface area (Å²) in [6.45, 7) is -0.413. The molecule has 1 heterocycles. The minimum Gasteiger partial charge on any atom is -0.493 e. The second kappa shape index (κ2) is 9.86. The van der Waals surface area contributed by atoms with E-state index in [9.17, 15) is 18.8 Å². The zero-order valence-corrected chi connectivity index (χ0v) is 18.1. The van der Waals surface area contributed by atoms with E-state index in [0.717, 1.165) is 5.01 Å². The fourth-order valence-electron chi connectivity index (χ4n) is 3.33. The minimum absolute atomic E-state index is 0.105. The molecule has 0 aromatic heterocycles. The number of hydrogen-bond donors (Lipinski definition) is 2. The van der Waals surface area contributed by atoms with Crippen molar-refractivity contribution in [1.29, 1.82) is 0 Å². The van der Waals surface area contributed by atoms with Crippen molar-refractivity contribution in [3.8, 4) is 11.5 Å². The molecular weight excluding hydrogens is 441 g/mol. The lowest BCUT2D eigenvalue weighted by Gasteiger charge is -2.14. The van der Waals surface area contributed by atoms with Crippen molar-refractivity contribution < 1.29 is 28.2 Å². The Bertz CT molecular complexity index is 1280. The van der Waals surface area contributed by atoms with Gasteiger partial charge in [0, 0.05) is 11.3 Å². The van der Waals surface area contributed by atoms with Crippen molar-refractivity contribution in [3.05, 3.63) is 89.8 Å². The van der Waals surface area contributed by atoms with Crippen LogP contribution in [-0.4, -0.2) is 31.4 Å². The average Bonchev–Trinajstić information content (AvgIpc) is 3.12. The molecule has 9 heteroatoms. The molecule has 2 N–H and O–H groups in total. The van der Waals surface area contributed by atoms with Crippen LogP contribution in [0.1, 0.15) is 5.56 Å². The molecule has 1 saturated heterocycles. The van der Waals surface area contributed by atoms with Gasteiger partial charge in [-0.1, -0.05) is 36.4 Å². The first-order valence-corrected chi connectivity index (χ1v) is 10.2. The van der Waals surface area contributed by atoms with Gasteiger partial charge in [-0.05, 0) is 42.5 Å². The van der Waals surface area contributed by atoms with Crippen LogP contribution < -0.4 is 25.2 Å². The number of halogens is 1. The zero-order valence-electron chi connectivity index (χ0n) is 18.1. The van der Waals surface area contributed by atoms with Gasteiger partial charge in [-0.15, -0.1) is 0 Å². The maximum absolute atomic E-state index is 13.3. The summed E-state index contributed by atoms with van der Waals surface area (Å²) in [6, 6.07) is 19.1. The first kappa shape index (κ1) is 22.5. The Morgan fingerprint density at radius 3 is 2.56 bits per heavy atom. The highest BCUT2D eigenvalue weighted by Crippen LogP contribution is 2.33. The number of nitrogens with one attached hydrogen (secondary N) is 2. The van der Waals surface area contributed by atoms with Crippen LogP contribution in [0.2, 0.25) is 0 Å². The number of amides is 3. The molecule has 0 saturated carbocycles. The predicted octanol–water partition coefficient (Wildman–Crippen LogP) is 3.31. The summed E-state index contributed by atoms with van der Waals surface area (Å²) in [5.41, 5.74) is 3.59. The van der Waals surface area contributed by atoms with E-state index < -0.39 is 30.1 Å². The van der Waals surface area contributed by atoms with E-state index in [1.807, 2.05) is 0 Å². The molecule has 0 atom stereocenters. The lowest BCUT2D eigenvalue weighted by molar-refractivity contribution is -0.118. The van der Waals surface area contributed by atoms with Crippen LogP contribution >= 0.6 is 0 Å². The third kappa shape index (κ3) is 4.88. The Kier molecular flexibility index (Phi) is 6.54. The topological polar surface area (TPSA) is 97.0 Å². The lowest BCUT2D eigenvalue weighted by atomic mass is 10.1. The molecule has 8 nitrogen and oxygen atoms in total. The maximum Gasteiger partial charge on any atom is 0.282 e. The number of para-hydroxylation sites is 2. The largest absolute Gasteiger partial charge is 0.493 e. The maximum atomic E-state index is 13.3. The summed E-state index contributed by atoms with van der Waals surface area (Å²) in [6.07, 6.45) is 1.38. The molecule has 3 aromatic rings. The highest BCUT2D eigenvalue weighted by molar-refractivity contribution is 6.31. The molecule has 1 aliphatic heterocycles. The molecule has 1 fully saturated rings. The number of benzene rings is 3. The molecule has 0 bridgehead atoms. The van der Waals surface area contributed by atoms with E-state index in [-0.39, 0.29) is 17.0 Å². The number of hydrogen-bond acceptors (Lipinski definition) is 5. The second-order valence-corrected chi connectivity index (χ2v) is 7.20. The fourth-order valence-corrected chi connectivity index (χ4v) is 3.33. The third-order valence-electron chi connectivity index (χ3n) is 4.89. The summed E-state index contributed by atoms with van der Waals surface area (Å²) in [5.74, 6) is -1.65. The Morgan fingerprint density at radius 1 is 1.06 bits per heavy atom. The lowest BCUT2D eigenvalue weighted by Crippen LogP contribution is -2.35. The van der Waals surface area contributed by atoms with Gasteiger partial charge in [0.2, 0.25) is 0 Å². The van der Waals surface area contributed by atoms with E-state index in [1.54, 1.807) is 54.6 Å². The van der Waals surface area contributed by atoms with Crippen molar-refractivity contribution in [2.75, 3.05) is 24.0 Å². The number of ether oxygens (including phenoxy) is 2. The van der Waals surface area contributed by atoms with Crippen LogP contribution in [0.15, 0.2) is 78.4 Å². The molecule has 0 unspecified atom stereocenters. The van der Waals surface area contributed by atoms with Gasteiger partial charge in [-0.2, -0.15) is 0 Å². The highest BCUT2D eigenvalue weighted by Gasteiger charge is 2.34. The molecule has 0 radical (unpaired) electrons. The number of nitrogens with zero attached hydrogens (tertiary/aromatic N) is 1. The van der Waals surface area contributed by atoms with Gasteiger partial charge in [0.15, 0.2) is 18.1 Å². The van der Waals surface area contributed by atoms with Crippen molar-refractivity contribution in [3.63, 3.8) is 0 Å². The molecule has 172 valence electrons. The Balaban J connectivity index is 1.56. The Labute approximate surface area is 194 Å². The second-order valence-electron chi connectivity index (χ2n) is 7.20. The molecule has 3 aromatic carbocycles. The van der Waals surface area contributed by atoms with E-state index >= 15 is 0 Å². The monoisotopic (exact) mass is 461 g/mol. The molecule has 3 amide bonds. The highest BCUT2D eigenvalue weighted by atomic mass is 19.1. The van der Waals surface area contributed by atoms with Gasteiger partial charge >= 0.3 is 0 Å². The van der Waals surface area contributed by atoms with Gasteiger partial charge < -0.3 is 14.8 Å². The normalized spacial score (nSPS) is 14.2. The summed E-state index contributed by atoms with van der Waals surface area (Å²) >= 11 is 0. The van der Waals surface area contributed by atoms with E-state index in [4.69, 9.17) is 9.47 Å². The molecule has 4 rings (SSSR count). The van der Waals surface area contributed by atoms with Gasteiger partial charge in [0.05, 0.1) is 12.8 Å². The molecule has 34 heavy (non-hydrogen) atoms. The van der Waals surface area contributed by atoms with Crippen molar-refractivity contribution >= 4 is 35.2 Å². The summed E-state index contributed by atoms with van der Waals surface area (Å²) in [4.78, 5) is 37.7. The zero-order chi connectivity index (χ0) is 24.1. The van der Waals surface area contributed by atoms with Gasteiger partial charge in [0.1, 0.15) is 11.4 Å². The van der Waals surface area contributed by atoms with Crippen LogP contribution in [0.3, 0.4) is 0 Å². The summed E-state index contributed by atoms with van der Waals surface area (Å²) < 4.78 is 24.4. The van der Waals surface area contributed by atoms with E-state index in [0.29, 0.717) is 17.0 Å². The van der Waals surface area contributed by atoms with Crippen LogP contribution in [0.25, 0.3) is 6.08 Å². The van der Waals surface area contributed by atoms with E-state index in [1.165, 1.54) is 31.4 Å². The van der Waals surface area contributed by atoms with Crippen molar-refractivity contribution in [1.82, 2.24) is 5.43 Å². The Hall–Kier alpha value is -4.66. The van der Waals surface area contributed by atoms with Crippen LogP contribution in [0.4, 0.5) is 15.8 Å². The molecule has 0 aliphatic carbocycles. The smallest absolute Gasteiger partial charge is 0.282 e. The van der Waals surface area contributed by atoms with Crippen molar-refractivity contribution in [2.45, 2.75) is 0 Å². The van der Waals surface area contributed by atoms with E-state index in [2.05, 4.69) is 10.7 Å². The van der Waals surface area contributed by atoms with Crippen LogP contribution in [0.5, 0.6) is 11.5 Å². The van der Waals surface area contributed by atoms with Crippen molar-refractivity contribution in [2.24, 2.45) is 0 Å². The predicted molar refractivity (Wildman–Crippen MR) is 124 cm³/mol. The average molecular weight is 461 g/mol. The van der Waals surface area contributed by atoms with Gasteiger partial charge in [-0.3, -0.25) is 19.8 Å². The standard InChI is InChI=1S/C25H20FN3O5/c1-33-21-12-5-7-16(23(21)34-15-22(30)27-18-9-6-8-17(26)14-18)13-20-24(31)28-29(25(20)32)19-10-3-2-4-11-19/h2-14H,15H2,1H3,(H,27,30)(H,28,31). The number of carbonyl (C=O) groups excluding carboxylic acids is 3. The number of methoxy groups -OCH3 is 1. The molecule has 1 aliphatic rings. The van der Waals surface area contributed by atoms with Crippen LogP contribution in [-0.2, 0) is 14.4 Å². The molecular formula is C25H20FN3O5. The first-order valence-electron chi connectivity index (χ1n) is 10.2. The summed E-state index contributed by atoms with van der Waals surface area (Å²) in [7, 11) is 1.43. The number of carbonyl (C=O) groups is 3. The Morgan fingerprint density at radius 2 is 1.82 bits per heavy atom. The number of anilines is 2. The van der Waals surface area contributed by atoms with Gasteiger partial charge in [0.25, 0.3) is 17.7 Å². The number of hydrazine groups is 1. The van der Waals surface area contributed by atoms with Crippen LogP contribution in [0, 0.1) is 5.82 Å². The fraction of sp³-hybridized carbons (Fsp3) is 0.0800. The minimum atomic E-state index is -0.577. The van der Waals surface area contributed by atoms with Gasteiger partial charge in [-0.25, -0.2) is 9.40 Å². The number of rotatable bonds is 7. The SMILES string of the molecule is COc1cccc(C=C2C(=O)NN(c3ccccc3)C2=O)c1OCC(=O)Nc1cccc(F)c1. The quantitative estimate of drug-likeness (QED) is 0.416. The summed E-state index contributed by atoms with van der Waals surface area (Å²) in [5, 5.41) is 3.69.